The lowest BCUT2D eigenvalue weighted by Gasteiger charge is -2.23. The molecule has 0 fully saturated rings. The second-order valence-electron chi connectivity index (χ2n) is 3.20. The highest BCUT2D eigenvalue weighted by atomic mass is 19.3. The number of ether oxygens (including phenoxy) is 1. The number of alkyl halides is 2. The van der Waals surface area contributed by atoms with Crippen LogP contribution in [0.4, 0.5) is 13.2 Å². The van der Waals surface area contributed by atoms with Crippen LogP contribution in [0.3, 0.4) is 0 Å². The van der Waals surface area contributed by atoms with Gasteiger partial charge in [-0.3, -0.25) is 4.79 Å². The van der Waals surface area contributed by atoms with Gasteiger partial charge in [-0.2, -0.15) is 8.78 Å². The Morgan fingerprint density at radius 1 is 1.40 bits per heavy atom. The molecule has 0 saturated carbocycles. The minimum atomic E-state index is -3.87. The molecule has 0 N–H and O–H groups in total. The molecule has 0 spiro atoms. The molecule has 86 valence electrons. The maximum absolute atomic E-state index is 13.3. The summed E-state index contributed by atoms with van der Waals surface area (Å²) in [7, 11) is 0. The van der Waals surface area contributed by atoms with Crippen LogP contribution in [-0.2, 0) is 9.53 Å². The Kier molecular flexibility index (Phi) is 4.58. The maximum atomic E-state index is 13.3. The topological polar surface area (TPSA) is 26.3 Å². The van der Waals surface area contributed by atoms with Crippen LogP contribution in [0, 0.1) is 0 Å². The van der Waals surface area contributed by atoms with E-state index in [0.29, 0.717) is 6.08 Å². The van der Waals surface area contributed by atoms with Gasteiger partial charge in [0, 0.05) is 6.92 Å². The van der Waals surface area contributed by atoms with E-state index in [4.69, 9.17) is 0 Å². The molecular weight excluding hydrogens is 209 g/mol. The average Bonchev–Trinajstić information content (AvgIpc) is 2.11. The molecule has 0 saturated heterocycles. The van der Waals surface area contributed by atoms with E-state index in [9.17, 15) is 18.0 Å². The number of carbonyl (C=O) groups is 1. The van der Waals surface area contributed by atoms with Crippen LogP contribution in [0.15, 0.2) is 24.1 Å². The van der Waals surface area contributed by atoms with Gasteiger partial charge in [0.2, 0.25) is 0 Å². The van der Waals surface area contributed by atoms with Crippen molar-refractivity contribution in [2.24, 2.45) is 0 Å². The summed E-state index contributed by atoms with van der Waals surface area (Å²) in [5, 5.41) is 0. The van der Waals surface area contributed by atoms with Gasteiger partial charge >= 0.3 is 11.9 Å². The zero-order chi connectivity index (χ0) is 12.2. The first-order valence-corrected chi connectivity index (χ1v) is 4.24. The fourth-order valence-electron chi connectivity index (χ4n) is 0.907. The second kappa shape index (κ2) is 5.00. The van der Waals surface area contributed by atoms with Gasteiger partial charge in [-0.25, -0.2) is 4.39 Å². The lowest BCUT2D eigenvalue weighted by Crippen LogP contribution is -2.36. The van der Waals surface area contributed by atoms with E-state index < -0.39 is 23.8 Å². The molecule has 0 bridgehead atoms. The Morgan fingerprint density at radius 2 is 1.87 bits per heavy atom. The highest BCUT2D eigenvalue weighted by Crippen LogP contribution is 2.33. The summed E-state index contributed by atoms with van der Waals surface area (Å²) in [6.07, 6.45) is -1.28. The van der Waals surface area contributed by atoms with Gasteiger partial charge in [0.15, 0.2) is 11.9 Å². The van der Waals surface area contributed by atoms with Crippen LogP contribution >= 0.6 is 0 Å². The van der Waals surface area contributed by atoms with Crippen molar-refractivity contribution in [2.45, 2.75) is 32.8 Å². The van der Waals surface area contributed by atoms with Gasteiger partial charge in [0.05, 0.1) is 0 Å². The summed E-state index contributed by atoms with van der Waals surface area (Å²) in [6, 6.07) is 0. The van der Waals surface area contributed by atoms with Gasteiger partial charge in [0.25, 0.3) is 0 Å². The smallest absolute Gasteiger partial charge is 0.338 e. The van der Waals surface area contributed by atoms with Crippen LogP contribution in [0.5, 0.6) is 0 Å². The number of allylic oxidation sites excluding steroid dienone is 1. The Balaban J connectivity index is 5.05. The summed E-state index contributed by atoms with van der Waals surface area (Å²) in [5.41, 5.74) is -0.168. The van der Waals surface area contributed by atoms with E-state index >= 15 is 0 Å². The first-order valence-electron chi connectivity index (χ1n) is 4.24. The lowest BCUT2D eigenvalue weighted by atomic mass is 10.1. The van der Waals surface area contributed by atoms with E-state index in [0.717, 1.165) is 6.92 Å². The fourth-order valence-corrected chi connectivity index (χ4v) is 0.907. The molecule has 0 heterocycles. The van der Waals surface area contributed by atoms with Crippen LogP contribution in [0.2, 0.25) is 0 Å². The Morgan fingerprint density at radius 3 is 2.13 bits per heavy atom. The normalized spacial score (nSPS) is 12.9. The number of carbonyl (C=O) groups excluding carboxylic acids is 1. The third kappa shape index (κ3) is 3.42. The molecular formula is C10H13F3O2. The monoisotopic (exact) mass is 222 g/mol. The van der Waals surface area contributed by atoms with E-state index in [-0.39, 0.29) is 5.57 Å². The van der Waals surface area contributed by atoms with Crippen molar-refractivity contribution in [2.75, 3.05) is 0 Å². The number of halogens is 3. The van der Waals surface area contributed by atoms with Crippen LogP contribution < -0.4 is 0 Å². The fraction of sp³-hybridized carbons (Fsp3) is 0.500. The molecule has 0 aliphatic carbocycles. The molecule has 5 heteroatoms. The number of esters is 1. The zero-order valence-electron chi connectivity index (χ0n) is 8.81. The number of rotatable bonds is 4. The van der Waals surface area contributed by atoms with Crippen molar-refractivity contribution in [3.63, 3.8) is 0 Å². The summed E-state index contributed by atoms with van der Waals surface area (Å²) in [6.45, 7) is 6.45. The third-order valence-electron chi connectivity index (χ3n) is 1.60. The molecule has 1 unspecified atom stereocenters. The largest absolute Gasteiger partial charge is 0.451 e. The molecule has 2 nitrogen and oxygen atoms in total. The summed E-state index contributed by atoms with van der Waals surface area (Å²) in [5.74, 6) is -6.39. The molecule has 0 amide bonds. The number of hydrogen-bond acceptors (Lipinski definition) is 2. The minimum absolute atomic E-state index is 0.168. The third-order valence-corrected chi connectivity index (χ3v) is 1.60. The summed E-state index contributed by atoms with van der Waals surface area (Å²) < 4.78 is 44.0. The quantitative estimate of drug-likeness (QED) is 0.540. The second-order valence-corrected chi connectivity index (χ2v) is 3.20. The Labute approximate surface area is 86.4 Å². The van der Waals surface area contributed by atoms with Crippen molar-refractivity contribution in [3.8, 4) is 0 Å². The maximum Gasteiger partial charge on any atom is 0.338 e. The van der Waals surface area contributed by atoms with Crippen molar-refractivity contribution < 1.29 is 22.7 Å². The molecule has 0 rings (SSSR count). The van der Waals surface area contributed by atoms with Crippen molar-refractivity contribution >= 4 is 5.97 Å². The van der Waals surface area contributed by atoms with E-state index in [1.54, 1.807) is 0 Å². The van der Waals surface area contributed by atoms with Crippen LogP contribution in [0.25, 0.3) is 0 Å². The number of hydrogen-bond donors (Lipinski definition) is 0. The summed E-state index contributed by atoms with van der Waals surface area (Å²) >= 11 is 0. The molecule has 0 aromatic rings. The molecule has 0 radical (unpaired) electrons. The highest BCUT2D eigenvalue weighted by molar-refractivity contribution is 5.66. The molecule has 0 aromatic heterocycles. The van der Waals surface area contributed by atoms with Gasteiger partial charge in [-0.1, -0.05) is 6.58 Å². The van der Waals surface area contributed by atoms with E-state index in [1.807, 2.05) is 0 Å². The van der Waals surface area contributed by atoms with Gasteiger partial charge in [-0.15, -0.1) is 0 Å². The van der Waals surface area contributed by atoms with Gasteiger partial charge in [-0.05, 0) is 25.5 Å². The van der Waals surface area contributed by atoms with Crippen LogP contribution in [-0.4, -0.2) is 18.0 Å². The molecule has 0 aromatic carbocycles. The molecule has 0 aliphatic heterocycles. The lowest BCUT2D eigenvalue weighted by molar-refractivity contribution is -0.160. The minimum Gasteiger partial charge on any atom is -0.451 e. The molecule has 1 atom stereocenters. The summed E-state index contributed by atoms with van der Waals surface area (Å²) in [4.78, 5) is 10.5. The first-order chi connectivity index (χ1) is 6.73. The van der Waals surface area contributed by atoms with Gasteiger partial charge in [0.1, 0.15) is 0 Å². The standard InChI is InChI=1S/C10H13F3O2/c1-5-8(15-7(4)14)10(12,13)9(11)6(2)3/h5,8H,1H2,2-4H3. The first kappa shape index (κ1) is 13.7. The van der Waals surface area contributed by atoms with Gasteiger partial charge < -0.3 is 4.74 Å². The van der Waals surface area contributed by atoms with Crippen molar-refractivity contribution in [3.05, 3.63) is 24.1 Å². The Bertz CT molecular complexity index is 291. The van der Waals surface area contributed by atoms with Crippen LogP contribution in [0.1, 0.15) is 20.8 Å². The van der Waals surface area contributed by atoms with E-state index in [1.165, 1.54) is 13.8 Å². The average molecular weight is 222 g/mol. The predicted molar refractivity (Wildman–Crippen MR) is 50.2 cm³/mol. The van der Waals surface area contributed by atoms with Crippen molar-refractivity contribution in [1.82, 2.24) is 0 Å². The van der Waals surface area contributed by atoms with E-state index in [2.05, 4.69) is 11.3 Å². The molecule has 15 heavy (non-hydrogen) atoms. The molecule has 0 aliphatic rings. The predicted octanol–water partition coefficient (Wildman–Crippen LogP) is 3.00. The highest BCUT2D eigenvalue weighted by Gasteiger charge is 2.45. The Hall–Kier alpha value is -1.26. The SMILES string of the molecule is C=CC(OC(C)=O)C(F)(F)C(F)=C(C)C. The zero-order valence-corrected chi connectivity index (χ0v) is 8.81. The van der Waals surface area contributed by atoms with Crippen molar-refractivity contribution in [1.29, 1.82) is 0 Å².